The molecule has 0 aliphatic rings. The molecule has 0 radical (unpaired) electrons. The van der Waals surface area contributed by atoms with Crippen molar-refractivity contribution in [3.05, 3.63) is 28.0 Å². The highest BCUT2D eigenvalue weighted by atomic mass is 79.9. The fourth-order valence-corrected chi connectivity index (χ4v) is 3.30. The highest BCUT2D eigenvalue weighted by Crippen LogP contribution is 2.23. The van der Waals surface area contributed by atoms with E-state index in [0.29, 0.717) is 17.4 Å². The van der Waals surface area contributed by atoms with Crippen LogP contribution in [0.2, 0.25) is 0 Å². The lowest BCUT2D eigenvalue weighted by atomic mass is 10.2. The van der Waals surface area contributed by atoms with Gasteiger partial charge in [0.25, 0.3) is 0 Å². The van der Waals surface area contributed by atoms with Crippen molar-refractivity contribution in [3.63, 3.8) is 0 Å². The third kappa shape index (κ3) is 3.74. The molecule has 102 valence electrons. The summed E-state index contributed by atoms with van der Waals surface area (Å²) in [4.78, 5) is -0.367. The van der Waals surface area contributed by atoms with Gasteiger partial charge in [0.1, 0.15) is 10.7 Å². The SMILES string of the molecule is CCCCNS(=O)(=O)c1cc(Br)cc(CN)c1F. The molecule has 1 rings (SSSR count). The minimum absolute atomic E-state index is 0.0528. The average Bonchev–Trinajstić information content (AvgIpc) is 2.31. The van der Waals surface area contributed by atoms with Crippen LogP contribution >= 0.6 is 15.9 Å². The zero-order valence-electron chi connectivity index (χ0n) is 10.0. The first-order valence-electron chi connectivity index (χ1n) is 5.60. The Morgan fingerprint density at radius 3 is 2.67 bits per heavy atom. The molecule has 0 spiro atoms. The number of hydrogen-bond donors (Lipinski definition) is 2. The summed E-state index contributed by atoms with van der Waals surface area (Å²) in [6.45, 7) is 2.19. The van der Waals surface area contributed by atoms with E-state index in [1.54, 1.807) is 0 Å². The molecule has 7 heteroatoms. The Balaban J connectivity index is 3.12. The van der Waals surface area contributed by atoms with Gasteiger partial charge in [-0.15, -0.1) is 0 Å². The number of benzene rings is 1. The Morgan fingerprint density at radius 2 is 2.11 bits per heavy atom. The van der Waals surface area contributed by atoms with Gasteiger partial charge in [-0.1, -0.05) is 29.3 Å². The van der Waals surface area contributed by atoms with E-state index in [4.69, 9.17) is 5.73 Å². The minimum Gasteiger partial charge on any atom is -0.326 e. The van der Waals surface area contributed by atoms with Gasteiger partial charge in [-0.25, -0.2) is 17.5 Å². The molecule has 0 heterocycles. The molecule has 4 nitrogen and oxygen atoms in total. The summed E-state index contributed by atoms with van der Waals surface area (Å²) >= 11 is 3.15. The maximum Gasteiger partial charge on any atom is 0.243 e. The second kappa shape index (κ2) is 6.60. The van der Waals surface area contributed by atoms with Crippen molar-refractivity contribution in [2.75, 3.05) is 6.54 Å². The molecular weight excluding hydrogens is 323 g/mol. The first-order chi connectivity index (χ1) is 8.42. The first-order valence-corrected chi connectivity index (χ1v) is 7.87. The maximum atomic E-state index is 13.9. The normalized spacial score (nSPS) is 11.8. The Kier molecular flexibility index (Phi) is 5.71. The van der Waals surface area contributed by atoms with Gasteiger partial charge in [-0.05, 0) is 18.6 Å². The van der Waals surface area contributed by atoms with Crippen molar-refractivity contribution in [1.82, 2.24) is 4.72 Å². The largest absolute Gasteiger partial charge is 0.326 e. The van der Waals surface area contributed by atoms with Gasteiger partial charge >= 0.3 is 0 Å². The molecule has 0 saturated heterocycles. The predicted molar refractivity (Wildman–Crippen MR) is 72.1 cm³/mol. The quantitative estimate of drug-likeness (QED) is 0.780. The first kappa shape index (κ1) is 15.6. The molecule has 3 N–H and O–H groups in total. The molecule has 1 aromatic rings. The number of sulfonamides is 1. The van der Waals surface area contributed by atoms with Gasteiger partial charge < -0.3 is 5.73 Å². The van der Waals surface area contributed by atoms with E-state index in [-0.39, 0.29) is 17.0 Å². The lowest BCUT2D eigenvalue weighted by molar-refractivity contribution is 0.548. The molecule has 0 fully saturated rings. The molecule has 1 aromatic carbocycles. The molecule has 0 amide bonds. The summed E-state index contributed by atoms with van der Waals surface area (Å²) in [6.07, 6.45) is 1.57. The molecule has 0 aromatic heterocycles. The number of unbranched alkanes of at least 4 members (excludes halogenated alkanes) is 1. The van der Waals surface area contributed by atoms with Crippen LogP contribution in [-0.2, 0) is 16.6 Å². The standard InChI is InChI=1S/C11H16BrFN2O2S/c1-2-3-4-15-18(16,17)10-6-9(12)5-8(7-14)11(10)13/h5-6,15H,2-4,7,14H2,1H3. The smallest absolute Gasteiger partial charge is 0.243 e. The number of halogens is 2. The number of hydrogen-bond acceptors (Lipinski definition) is 3. The minimum atomic E-state index is -3.83. The number of nitrogens with two attached hydrogens (primary N) is 1. The Morgan fingerprint density at radius 1 is 1.44 bits per heavy atom. The van der Waals surface area contributed by atoms with Crippen molar-refractivity contribution < 1.29 is 12.8 Å². The van der Waals surface area contributed by atoms with Crippen LogP contribution in [0.5, 0.6) is 0 Å². The van der Waals surface area contributed by atoms with Crippen LogP contribution in [-0.4, -0.2) is 15.0 Å². The van der Waals surface area contributed by atoms with E-state index in [0.717, 1.165) is 6.42 Å². The molecule has 0 aliphatic carbocycles. The summed E-state index contributed by atoms with van der Waals surface area (Å²) in [5.41, 5.74) is 5.54. The zero-order valence-corrected chi connectivity index (χ0v) is 12.4. The summed E-state index contributed by atoms with van der Waals surface area (Å²) < 4.78 is 40.7. The Bertz CT molecular complexity index is 520. The van der Waals surface area contributed by atoms with E-state index >= 15 is 0 Å². The van der Waals surface area contributed by atoms with E-state index in [1.807, 2.05) is 6.92 Å². The summed E-state index contributed by atoms with van der Waals surface area (Å²) in [7, 11) is -3.83. The van der Waals surface area contributed by atoms with E-state index in [1.165, 1.54) is 12.1 Å². The van der Waals surface area contributed by atoms with Gasteiger partial charge in [-0.2, -0.15) is 0 Å². The van der Waals surface area contributed by atoms with Gasteiger partial charge in [-0.3, -0.25) is 0 Å². The fraction of sp³-hybridized carbons (Fsp3) is 0.455. The Labute approximate surface area is 115 Å². The maximum absolute atomic E-state index is 13.9. The number of rotatable bonds is 6. The van der Waals surface area contributed by atoms with Crippen LogP contribution in [0.25, 0.3) is 0 Å². The molecule has 0 atom stereocenters. The second-order valence-corrected chi connectivity index (χ2v) is 6.48. The zero-order chi connectivity index (χ0) is 13.8. The van der Waals surface area contributed by atoms with Crippen LogP contribution in [0, 0.1) is 5.82 Å². The highest BCUT2D eigenvalue weighted by Gasteiger charge is 2.21. The predicted octanol–water partition coefficient (Wildman–Crippen LogP) is 2.13. The summed E-state index contributed by atoms with van der Waals surface area (Å²) in [5, 5.41) is 0. The van der Waals surface area contributed by atoms with Gasteiger partial charge in [0.2, 0.25) is 10.0 Å². The lowest BCUT2D eigenvalue weighted by Crippen LogP contribution is -2.26. The average molecular weight is 339 g/mol. The summed E-state index contributed by atoms with van der Waals surface area (Å²) in [6, 6.07) is 2.71. The van der Waals surface area contributed by atoms with Crippen molar-refractivity contribution in [3.8, 4) is 0 Å². The van der Waals surface area contributed by atoms with Crippen LogP contribution in [0.1, 0.15) is 25.3 Å². The van der Waals surface area contributed by atoms with E-state index < -0.39 is 15.8 Å². The molecule has 0 saturated carbocycles. The lowest BCUT2D eigenvalue weighted by Gasteiger charge is -2.10. The van der Waals surface area contributed by atoms with E-state index in [2.05, 4.69) is 20.7 Å². The van der Waals surface area contributed by atoms with Crippen molar-refractivity contribution in [2.45, 2.75) is 31.2 Å². The monoisotopic (exact) mass is 338 g/mol. The van der Waals surface area contributed by atoms with Crippen LogP contribution in [0.4, 0.5) is 4.39 Å². The Hall–Kier alpha value is -0.500. The van der Waals surface area contributed by atoms with Gasteiger partial charge in [0.15, 0.2) is 0 Å². The van der Waals surface area contributed by atoms with Crippen LogP contribution in [0.3, 0.4) is 0 Å². The van der Waals surface area contributed by atoms with Gasteiger partial charge in [0, 0.05) is 23.1 Å². The van der Waals surface area contributed by atoms with Crippen LogP contribution in [0.15, 0.2) is 21.5 Å². The molecule has 0 unspecified atom stereocenters. The molecule has 18 heavy (non-hydrogen) atoms. The highest BCUT2D eigenvalue weighted by molar-refractivity contribution is 9.10. The van der Waals surface area contributed by atoms with Gasteiger partial charge in [0.05, 0.1) is 0 Å². The molecular formula is C11H16BrFN2O2S. The van der Waals surface area contributed by atoms with Crippen molar-refractivity contribution in [2.24, 2.45) is 5.73 Å². The van der Waals surface area contributed by atoms with Crippen LogP contribution < -0.4 is 10.5 Å². The second-order valence-electron chi connectivity index (χ2n) is 3.83. The molecule has 0 aliphatic heterocycles. The third-order valence-electron chi connectivity index (χ3n) is 2.41. The third-order valence-corrected chi connectivity index (χ3v) is 4.33. The van der Waals surface area contributed by atoms with Crippen molar-refractivity contribution >= 4 is 26.0 Å². The van der Waals surface area contributed by atoms with E-state index in [9.17, 15) is 12.8 Å². The summed E-state index contributed by atoms with van der Waals surface area (Å²) in [5.74, 6) is -0.787. The topological polar surface area (TPSA) is 72.2 Å². The fourth-order valence-electron chi connectivity index (χ4n) is 1.42. The van der Waals surface area contributed by atoms with Crippen molar-refractivity contribution in [1.29, 1.82) is 0 Å². The number of nitrogens with one attached hydrogen (secondary N) is 1. The molecule has 0 bridgehead atoms.